The van der Waals surface area contributed by atoms with E-state index in [-0.39, 0.29) is 0 Å². The van der Waals surface area contributed by atoms with Gasteiger partial charge in [0.25, 0.3) is 0 Å². The number of carbonyl (C=O) groups is 1. The van der Waals surface area contributed by atoms with Crippen LogP contribution in [-0.4, -0.2) is 37.4 Å². The Morgan fingerprint density at radius 3 is 2.68 bits per heavy atom. The molecule has 37 heavy (non-hydrogen) atoms. The summed E-state index contributed by atoms with van der Waals surface area (Å²) in [4.78, 5) is 24.2. The molecule has 1 aliphatic heterocycles. The maximum Gasteiger partial charge on any atom is 0.246 e. The highest BCUT2D eigenvalue weighted by molar-refractivity contribution is 7.90. The van der Waals surface area contributed by atoms with Crippen LogP contribution in [0.3, 0.4) is 0 Å². The van der Waals surface area contributed by atoms with E-state index in [1.165, 1.54) is 6.08 Å². The molecule has 1 fully saturated rings. The number of piperidine rings is 1. The van der Waals surface area contributed by atoms with E-state index in [1.807, 2.05) is 4.90 Å². The van der Waals surface area contributed by atoms with Gasteiger partial charge in [0.15, 0.2) is 0 Å². The van der Waals surface area contributed by atoms with Crippen LogP contribution < -0.4 is 9.62 Å². The normalized spacial score (nSPS) is 15.5. The summed E-state index contributed by atoms with van der Waals surface area (Å²) < 4.78 is 34.3. The van der Waals surface area contributed by atoms with E-state index in [2.05, 4.69) is 28.2 Å². The minimum atomic E-state index is -4.00. The maximum atomic E-state index is 12.9. The Kier molecular flexibility index (Phi) is 8.94. The lowest BCUT2D eigenvalue weighted by molar-refractivity contribution is -0.123. The van der Waals surface area contributed by atoms with E-state index in [0.717, 1.165) is 36.4 Å². The standard InChI is InChI=1S/C25H28Cl2N4O4S2/c1-3-5-6-18-15-29-25(35-18)17-13-19(26)23(28-14-17)31-11-9-16(10-12-31)24(32)30-37(33,34)21(4-2)20-7-8-22(27)36-20/h4,7-8,13-16,21H,2-3,5-6,9-12H2,1H3,(H,30,32). The van der Waals surface area contributed by atoms with Gasteiger partial charge in [0.2, 0.25) is 21.8 Å². The van der Waals surface area contributed by atoms with E-state index >= 15 is 0 Å². The number of oxazole rings is 1. The predicted octanol–water partition coefficient (Wildman–Crippen LogP) is 6.04. The number of amides is 1. The third kappa shape index (κ3) is 6.54. The van der Waals surface area contributed by atoms with Gasteiger partial charge in [0.1, 0.15) is 16.8 Å². The van der Waals surface area contributed by atoms with Gasteiger partial charge in [-0.15, -0.1) is 17.9 Å². The van der Waals surface area contributed by atoms with Gasteiger partial charge in [-0.2, -0.15) is 0 Å². The van der Waals surface area contributed by atoms with Crippen LogP contribution in [0.2, 0.25) is 9.36 Å². The van der Waals surface area contributed by atoms with Gasteiger partial charge in [-0.3, -0.25) is 9.52 Å². The summed E-state index contributed by atoms with van der Waals surface area (Å²) in [5.74, 6) is 0.946. The highest BCUT2D eigenvalue weighted by atomic mass is 35.5. The van der Waals surface area contributed by atoms with Crippen molar-refractivity contribution in [1.29, 1.82) is 0 Å². The van der Waals surface area contributed by atoms with Gasteiger partial charge in [-0.05, 0) is 37.5 Å². The smallest absolute Gasteiger partial charge is 0.246 e. The topological polar surface area (TPSA) is 105 Å². The fraction of sp³-hybridized carbons (Fsp3) is 0.400. The number of nitrogens with one attached hydrogen (secondary N) is 1. The van der Waals surface area contributed by atoms with Crippen molar-refractivity contribution in [3.63, 3.8) is 0 Å². The highest BCUT2D eigenvalue weighted by Crippen LogP contribution is 2.34. The number of hydrogen-bond donors (Lipinski definition) is 1. The molecule has 1 N–H and O–H groups in total. The van der Waals surface area contributed by atoms with Crippen molar-refractivity contribution >= 4 is 56.3 Å². The first-order valence-corrected chi connectivity index (χ1v) is 15.1. The summed E-state index contributed by atoms with van der Waals surface area (Å²) >= 11 is 13.6. The monoisotopic (exact) mass is 582 g/mol. The first kappa shape index (κ1) is 27.6. The zero-order chi connectivity index (χ0) is 26.6. The molecule has 3 aromatic rings. The molecule has 1 amide bonds. The lowest BCUT2D eigenvalue weighted by Gasteiger charge is -2.32. The average Bonchev–Trinajstić information content (AvgIpc) is 3.52. The molecule has 0 saturated carbocycles. The Morgan fingerprint density at radius 1 is 1.30 bits per heavy atom. The molecule has 198 valence electrons. The third-order valence-corrected chi connectivity index (χ3v) is 9.57. The van der Waals surface area contributed by atoms with Gasteiger partial charge in [0.05, 0.1) is 21.1 Å². The van der Waals surface area contributed by atoms with Crippen molar-refractivity contribution in [3.8, 4) is 11.5 Å². The quantitative estimate of drug-likeness (QED) is 0.290. The van der Waals surface area contributed by atoms with Gasteiger partial charge in [-0.1, -0.05) is 42.6 Å². The number of unbranched alkanes of at least 4 members (excludes halogenated alkanes) is 1. The van der Waals surface area contributed by atoms with Gasteiger partial charge >= 0.3 is 0 Å². The van der Waals surface area contributed by atoms with E-state index in [9.17, 15) is 13.2 Å². The summed E-state index contributed by atoms with van der Waals surface area (Å²) in [7, 11) is -4.00. The van der Waals surface area contributed by atoms with E-state index in [4.69, 9.17) is 27.6 Å². The van der Waals surface area contributed by atoms with Crippen molar-refractivity contribution in [1.82, 2.24) is 14.7 Å². The molecule has 3 aromatic heterocycles. The van der Waals surface area contributed by atoms with E-state index < -0.39 is 27.1 Å². The minimum Gasteiger partial charge on any atom is -0.441 e. The fourth-order valence-electron chi connectivity index (χ4n) is 4.21. The van der Waals surface area contributed by atoms with Crippen LogP contribution in [0.5, 0.6) is 0 Å². The number of aromatic nitrogens is 2. The molecule has 0 aliphatic carbocycles. The van der Waals surface area contributed by atoms with Crippen molar-refractivity contribution in [3.05, 3.63) is 63.2 Å². The summed E-state index contributed by atoms with van der Waals surface area (Å²) in [6, 6.07) is 5.01. The first-order valence-electron chi connectivity index (χ1n) is 12.0. The van der Waals surface area contributed by atoms with Crippen LogP contribution in [-0.2, 0) is 21.2 Å². The number of thiophene rings is 1. The maximum absolute atomic E-state index is 12.9. The molecule has 0 aromatic carbocycles. The lowest BCUT2D eigenvalue weighted by Crippen LogP contribution is -2.43. The fourth-order valence-corrected chi connectivity index (χ4v) is 7.27. The second kappa shape index (κ2) is 12.0. The summed E-state index contributed by atoms with van der Waals surface area (Å²) in [5, 5.41) is -0.596. The zero-order valence-corrected chi connectivity index (χ0v) is 23.5. The lowest BCUT2D eigenvalue weighted by atomic mass is 9.96. The number of anilines is 1. The van der Waals surface area contributed by atoms with Crippen molar-refractivity contribution in [2.24, 2.45) is 5.92 Å². The summed E-state index contributed by atoms with van der Waals surface area (Å²) in [6.07, 6.45) is 8.57. The summed E-state index contributed by atoms with van der Waals surface area (Å²) in [6.45, 7) is 6.76. The predicted molar refractivity (Wildman–Crippen MR) is 148 cm³/mol. The number of rotatable bonds is 10. The molecule has 1 atom stereocenters. The van der Waals surface area contributed by atoms with Crippen LogP contribution in [0, 0.1) is 5.92 Å². The molecule has 1 saturated heterocycles. The van der Waals surface area contributed by atoms with E-state index in [1.54, 1.807) is 30.6 Å². The van der Waals surface area contributed by atoms with Gasteiger partial charge < -0.3 is 9.32 Å². The number of halogens is 2. The second-order valence-electron chi connectivity index (χ2n) is 8.84. The minimum absolute atomic E-state index is 0.449. The number of pyridine rings is 1. The molecule has 0 radical (unpaired) electrons. The SMILES string of the molecule is C=CC(c1ccc(Cl)s1)S(=O)(=O)NC(=O)C1CCN(c2ncc(-c3ncc(CCCC)o3)cc2Cl)CC1. The number of nitrogens with zero attached hydrogens (tertiary/aromatic N) is 3. The molecule has 0 spiro atoms. The number of aryl methyl sites for hydroxylation is 1. The Balaban J connectivity index is 1.36. The number of hydrogen-bond acceptors (Lipinski definition) is 8. The molecule has 8 nitrogen and oxygen atoms in total. The second-order valence-corrected chi connectivity index (χ2v) is 12.8. The van der Waals surface area contributed by atoms with Crippen molar-refractivity contribution < 1.29 is 17.6 Å². The van der Waals surface area contributed by atoms with Crippen LogP contribution in [0.4, 0.5) is 5.82 Å². The largest absolute Gasteiger partial charge is 0.441 e. The molecule has 12 heteroatoms. The van der Waals surface area contributed by atoms with E-state index in [0.29, 0.717) is 57.4 Å². The molecule has 1 unspecified atom stereocenters. The van der Waals surface area contributed by atoms with Crippen LogP contribution in [0.1, 0.15) is 48.5 Å². The molecule has 1 aliphatic rings. The Hall–Kier alpha value is -2.40. The van der Waals surface area contributed by atoms with Gasteiger partial charge in [0, 0.05) is 36.5 Å². The highest BCUT2D eigenvalue weighted by Gasteiger charge is 2.33. The average molecular weight is 584 g/mol. The molecule has 4 heterocycles. The first-order chi connectivity index (χ1) is 17.7. The summed E-state index contributed by atoms with van der Waals surface area (Å²) in [5.41, 5.74) is 0.694. The third-order valence-electron chi connectivity index (χ3n) is 6.23. The Morgan fingerprint density at radius 2 is 2.05 bits per heavy atom. The van der Waals surface area contributed by atoms with Crippen molar-refractivity contribution in [2.45, 2.75) is 44.3 Å². The van der Waals surface area contributed by atoms with Crippen LogP contribution in [0.25, 0.3) is 11.5 Å². The molecular formula is C25H28Cl2N4O4S2. The Bertz CT molecular complexity index is 1360. The number of carbonyl (C=O) groups excluding carboxylic acids is 1. The number of sulfonamides is 1. The van der Waals surface area contributed by atoms with Crippen LogP contribution >= 0.6 is 34.5 Å². The van der Waals surface area contributed by atoms with Crippen LogP contribution in [0.15, 0.2) is 47.7 Å². The zero-order valence-electron chi connectivity index (χ0n) is 20.3. The molecule has 4 rings (SSSR count). The van der Waals surface area contributed by atoms with Crippen molar-refractivity contribution in [2.75, 3.05) is 18.0 Å². The van der Waals surface area contributed by atoms with Gasteiger partial charge in [-0.25, -0.2) is 18.4 Å². The molecular weight excluding hydrogens is 555 g/mol. The molecule has 0 bridgehead atoms. The Labute approximate surface area is 230 Å².